The molecule has 3 aromatic rings. The fraction of sp³-hybridized carbons (Fsp3) is 0.0909. The maximum atomic E-state index is 6.36. The summed E-state index contributed by atoms with van der Waals surface area (Å²) in [6, 6.07) is 20.5. The van der Waals surface area contributed by atoms with Crippen LogP contribution in [0.5, 0.6) is 11.5 Å². The van der Waals surface area contributed by atoms with Gasteiger partial charge in [0.2, 0.25) is 0 Å². The molecule has 0 radical (unpaired) electrons. The lowest BCUT2D eigenvalue weighted by atomic mass is 9.94. The van der Waals surface area contributed by atoms with Gasteiger partial charge in [-0.3, -0.25) is 0 Å². The molecule has 116 valence electrons. The normalized spacial score (nSPS) is 20.8. The van der Waals surface area contributed by atoms with E-state index in [4.69, 9.17) is 9.47 Å². The number of para-hydroxylation sites is 1. The standard InChI is InChI=1S/C22H16O2/c1-15-14-17-7-3-5-9-20(17)23-22(15)13-12-19-18-8-4-2-6-16(18)10-11-21(19)24-22/h2-14H,1H3. The Balaban J connectivity index is 1.65. The number of benzene rings is 3. The molecule has 3 aromatic carbocycles. The monoisotopic (exact) mass is 312 g/mol. The lowest BCUT2D eigenvalue weighted by molar-refractivity contribution is -0.0409. The van der Waals surface area contributed by atoms with E-state index >= 15 is 0 Å². The summed E-state index contributed by atoms with van der Waals surface area (Å²) >= 11 is 0. The minimum Gasteiger partial charge on any atom is -0.444 e. The first-order chi connectivity index (χ1) is 11.8. The summed E-state index contributed by atoms with van der Waals surface area (Å²) in [6.07, 6.45) is 6.27. The number of ether oxygens (including phenoxy) is 2. The van der Waals surface area contributed by atoms with E-state index in [9.17, 15) is 0 Å². The van der Waals surface area contributed by atoms with Crippen molar-refractivity contribution in [3.63, 3.8) is 0 Å². The highest BCUT2D eigenvalue weighted by Crippen LogP contribution is 2.43. The highest BCUT2D eigenvalue weighted by atomic mass is 16.7. The summed E-state index contributed by atoms with van der Waals surface area (Å²) in [5.74, 6) is 0.837. The highest BCUT2D eigenvalue weighted by molar-refractivity contribution is 5.94. The van der Waals surface area contributed by atoms with Crippen molar-refractivity contribution in [1.82, 2.24) is 0 Å². The molecule has 2 heterocycles. The molecule has 2 aliphatic heterocycles. The van der Waals surface area contributed by atoms with Crippen LogP contribution in [0.25, 0.3) is 22.9 Å². The first-order valence-corrected chi connectivity index (χ1v) is 8.12. The predicted molar refractivity (Wildman–Crippen MR) is 97.1 cm³/mol. The van der Waals surface area contributed by atoms with E-state index in [0.717, 1.165) is 28.2 Å². The molecular weight excluding hydrogens is 296 g/mol. The Morgan fingerprint density at radius 1 is 0.792 bits per heavy atom. The smallest absolute Gasteiger partial charge is 0.294 e. The first kappa shape index (κ1) is 13.4. The second-order valence-corrected chi connectivity index (χ2v) is 6.27. The number of hydrogen-bond acceptors (Lipinski definition) is 2. The zero-order chi connectivity index (χ0) is 16.1. The van der Waals surface area contributed by atoms with Crippen LogP contribution in [-0.2, 0) is 0 Å². The molecule has 0 aromatic heterocycles. The average Bonchev–Trinajstić information content (AvgIpc) is 2.62. The third-order valence-corrected chi connectivity index (χ3v) is 4.76. The van der Waals surface area contributed by atoms with Gasteiger partial charge in [-0.25, -0.2) is 0 Å². The SMILES string of the molecule is CC1=Cc2ccccc2OC12C=Cc1c(ccc3ccccc13)O2. The van der Waals surface area contributed by atoms with Crippen molar-refractivity contribution in [2.24, 2.45) is 0 Å². The highest BCUT2D eigenvalue weighted by Gasteiger charge is 2.40. The topological polar surface area (TPSA) is 18.5 Å². The van der Waals surface area contributed by atoms with Crippen molar-refractivity contribution in [2.75, 3.05) is 0 Å². The van der Waals surface area contributed by atoms with Gasteiger partial charge in [0.05, 0.1) is 0 Å². The van der Waals surface area contributed by atoms with E-state index in [1.165, 1.54) is 10.8 Å². The van der Waals surface area contributed by atoms with E-state index in [1.54, 1.807) is 0 Å². The van der Waals surface area contributed by atoms with Crippen molar-refractivity contribution in [3.05, 3.63) is 83.4 Å². The van der Waals surface area contributed by atoms with E-state index < -0.39 is 5.79 Å². The second kappa shape index (κ2) is 4.75. The summed E-state index contributed by atoms with van der Waals surface area (Å²) in [6.45, 7) is 2.05. The van der Waals surface area contributed by atoms with Crippen LogP contribution in [-0.4, -0.2) is 5.79 Å². The van der Waals surface area contributed by atoms with Crippen molar-refractivity contribution in [1.29, 1.82) is 0 Å². The molecule has 0 aliphatic carbocycles. The molecule has 2 aliphatic rings. The Labute approximate surface area is 140 Å². The average molecular weight is 312 g/mol. The minimum absolute atomic E-state index is 0.844. The fourth-order valence-electron chi connectivity index (χ4n) is 3.46. The quantitative estimate of drug-likeness (QED) is 0.550. The molecular formula is C22H16O2. The fourth-order valence-corrected chi connectivity index (χ4v) is 3.46. The summed E-state index contributed by atoms with van der Waals surface area (Å²) in [5.41, 5.74) is 3.23. The van der Waals surface area contributed by atoms with Crippen LogP contribution in [0.4, 0.5) is 0 Å². The van der Waals surface area contributed by atoms with Crippen LogP contribution in [0, 0.1) is 0 Å². The molecule has 0 saturated heterocycles. The Kier molecular flexibility index (Phi) is 2.66. The van der Waals surface area contributed by atoms with E-state index in [1.807, 2.05) is 37.3 Å². The minimum atomic E-state index is -0.857. The van der Waals surface area contributed by atoms with Gasteiger partial charge in [0, 0.05) is 22.8 Å². The Morgan fingerprint density at radius 2 is 1.58 bits per heavy atom. The summed E-state index contributed by atoms with van der Waals surface area (Å²) in [7, 11) is 0. The molecule has 1 atom stereocenters. The number of hydrogen-bond donors (Lipinski definition) is 0. The van der Waals surface area contributed by atoms with Crippen LogP contribution in [0.2, 0.25) is 0 Å². The van der Waals surface area contributed by atoms with Gasteiger partial charge in [-0.1, -0.05) is 48.5 Å². The van der Waals surface area contributed by atoms with Gasteiger partial charge in [-0.2, -0.15) is 0 Å². The van der Waals surface area contributed by atoms with Crippen LogP contribution in [0.1, 0.15) is 18.1 Å². The molecule has 0 bridgehead atoms. The predicted octanol–water partition coefficient (Wildman–Crippen LogP) is 5.44. The Bertz CT molecular complexity index is 1030. The zero-order valence-corrected chi connectivity index (χ0v) is 13.3. The second-order valence-electron chi connectivity index (χ2n) is 6.27. The van der Waals surface area contributed by atoms with Crippen molar-refractivity contribution < 1.29 is 9.47 Å². The van der Waals surface area contributed by atoms with Gasteiger partial charge in [-0.15, -0.1) is 0 Å². The van der Waals surface area contributed by atoms with Gasteiger partial charge in [-0.05, 0) is 42.0 Å². The van der Waals surface area contributed by atoms with Crippen molar-refractivity contribution >= 4 is 22.9 Å². The van der Waals surface area contributed by atoms with Gasteiger partial charge < -0.3 is 9.47 Å². The van der Waals surface area contributed by atoms with Crippen LogP contribution in [0.3, 0.4) is 0 Å². The van der Waals surface area contributed by atoms with Gasteiger partial charge in [0.15, 0.2) is 0 Å². The maximum absolute atomic E-state index is 6.36. The Hall–Kier alpha value is -3.00. The molecule has 0 fully saturated rings. The van der Waals surface area contributed by atoms with Crippen LogP contribution < -0.4 is 9.47 Å². The lowest BCUT2D eigenvalue weighted by Gasteiger charge is -2.38. The number of fused-ring (bicyclic) bond motifs is 4. The van der Waals surface area contributed by atoms with E-state index in [-0.39, 0.29) is 0 Å². The molecule has 0 saturated carbocycles. The first-order valence-electron chi connectivity index (χ1n) is 8.12. The zero-order valence-electron chi connectivity index (χ0n) is 13.3. The van der Waals surface area contributed by atoms with E-state index in [0.29, 0.717) is 0 Å². The van der Waals surface area contributed by atoms with Crippen LogP contribution in [0.15, 0.2) is 72.3 Å². The summed E-state index contributed by atoms with van der Waals surface area (Å²) in [4.78, 5) is 0. The molecule has 2 nitrogen and oxygen atoms in total. The number of rotatable bonds is 0. The van der Waals surface area contributed by atoms with E-state index in [2.05, 4.69) is 48.6 Å². The molecule has 0 N–H and O–H groups in total. The lowest BCUT2D eigenvalue weighted by Crippen LogP contribution is -2.44. The van der Waals surface area contributed by atoms with Gasteiger partial charge >= 0.3 is 0 Å². The van der Waals surface area contributed by atoms with Crippen molar-refractivity contribution in [3.8, 4) is 11.5 Å². The summed E-state index contributed by atoms with van der Waals surface area (Å²) < 4.78 is 12.6. The third kappa shape index (κ3) is 1.83. The van der Waals surface area contributed by atoms with Gasteiger partial charge in [0.1, 0.15) is 11.5 Å². The molecule has 0 amide bonds. The largest absolute Gasteiger partial charge is 0.444 e. The maximum Gasteiger partial charge on any atom is 0.294 e. The molecule has 1 spiro atoms. The molecule has 2 heteroatoms. The third-order valence-electron chi connectivity index (χ3n) is 4.76. The van der Waals surface area contributed by atoms with Crippen molar-refractivity contribution in [2.45, 2.75) is 12.7 Å². The molecule has 24 heavy (non-hydrogen) atoms. The Morgan fingerprint density at radius 3 is 2.54 bits per heavy atom. The molecule has 1 unspecified atom stereocenters. The van der Waals surface area contributed by atoms with Gasteiger partial charge in [0.25, 0.3) is 5.79 Å². The summed E-state index contributed by atoms with van der Waals surface area (Å²) in [5, 5.41) is 2.40. The molecule has 5 rings (SSSR count). The van der Waals surface area contributed by atoms with Crippen LogP contribution >= 0.6 is 0 Å².